The molecule has 1 N–H and O–H groups in total. The number of aliphatic carboxylic acids is 1. The van der Waals surface area contributed by atoms with Crippen molar-refractivity contribution in [2.75, 3.05) is 20.6 Å². The van der Waals surface area contributed by atoms with E-state index >= 15 is 0 Å². The van der Waals surface area contributed by atoms with Crippen LogP contribution >= 0.6 is 0 Å². The summed E-state index contributed by atoms with van der Waals surface area (Å²) in [6.45, 7) is 2.35. The van der Waals surface area contributed by atoms with Crippen molar-refractivity contribution in [1.29, 1.82) is 0 Å². The van der Waals surface area contributed by atoms with E-state index in [0.717, 1.165) is 6.42 Å². The lowest BCUT2D eigenvalue weighted by Gasteiger charge is -2.35. The minimum absolute atomic E-state index is 0.211. The topological polar surface area (TPSA) is 60.9 Å². The third-order valence-electron chi connectivity index (χ3n) is 3.09. The van der Waals surface area contributed by atoms with Crippen molar-refractivity contribution in [1.82, 2.24) is 9.80 Å². The Balaban J connectivity index is 2.97. The second-order valence-corrected chi connectivity index (χ2v) is 4.12. The van der Waals surface area contributed by atoms with E-state index in [0.29, 0.717) is 19.4 Å². The number of hydrogen-bond acceptors (Lipinski definition) is 2. The summed E-state index contributed by atoms with van der Waals surface area (Å²) in [4.78, 5) is 26.0. The first kappa shape index (κ1) is 11.8. The van der Waals surface area contributed by atoms with E-state index in [4.69, 9.17) is 0 Å². The molecule has 5 heteroatoms. The van der Waals surface area contributed by atoms with E-state index in [1.165, 1.54) is 9.80 Å². The lowest BCUT2D eigenvalue weighted by atomic mass is 9.93. The molecule has 0 aromatic heterocycles. The number of rotatable bonds is 2. The average Bonchev–Trinajstić information content (AvgIpc) is 2.60. The maximum Gasteiger partial charge on any atom is 0.329 e. The van der Waals surface area contributed by atoms with Crippen LogP contribution in [0, 0.1) is 0 Å². The largest absolute Gasteiger partial charge is 0.479 e. The maximum absolute atomic E-state index is 11.8. The highest BCUT2D eigenvalue weighted by Crippen LogP contribution is 2.33. The molecule has 1 heterocycles. The Labute approximate surface area is 89.7 Å². The van der Waals surface area contributed by atoms with Crippen LogP contribution in [-0.4, -0.2) is 53.1 Å². The normalized spacial score (nSPS) is 25.4. The van der Waals surface area contributed by atoms with Crippen molar-refractivity contribution < 1.29 is 14.7 Å². The van der Waals surface area contributed by atoms with Crippen LogP contribution in [0.1, 0.15) is 26.2 Å². The van der Waals surface area contributed by atoms with Gasteiger partial charge in [0.05, 0.1) is 0 Å². The fourth-order valence-corrected chi connectivity index (χ4v) is 2.14. The van der Waals surface area contributed by atoms with Crippen LogP contribution in [0.25, 0.3) is 0 Å². The van der Waals surface area contributed by atoms with Crippen molar-refractivity contribution in [3.63, 3.8) is 0 Å². The van der Waals surface area contributed by atoms with Gasteiger partial charge in [0, 0.05) is 20.6 Å². The van der Waals surface area contributed by atoms with Gasteiger partial charge in [0.25, 0.3) is 0 Å². The minimum Gasteiger partial charge on any atom is -0.479 e. The van der Waals surface area contributed by atoms with E-state index < -0.39 is 11.5 Å². The van der Waals surface area contributed by atoms with Crippen LogP contribution < -0.4 is 0 Å². The molecule has 1 unspecified atom stereocenters. The lowest BCUT2D eigenvalue weighted by Crippen LogP contribution is -2.55. The van der Waals surface area contributed by atoms with Crippen LogP contribution in [-0.2, 0) is 4.79 Å². The first-order chi connectivity index (χ1) is 6.95. The molecule has 1 aliphatic heterocycles. The Morgan fingerprint density at radius 3 is 2.47 bits per heavy atom. The summed E-state index contributed by atoms with van der Waals surface area (Å²) in [6, 6.07) is -0.211. The molecule has 0 aromatic rings. The number of carboxylic acid groups (broad SMARTS) is 1. The summed E-state index contributed by atoms with van der Waals surface area (Å²) < 4.78 is 0. The highest BCUT2D eigenvalue weighted by Gasteiger charge is 2.48. The van der Waals surface area contributed by atoms with Crippen molar-refractivity contribution >= 4 is 12.0 Å². The van der Waals surface area contributed by atoms with Crippen LogP contribution in [0.2, 0.25) is 0 Å². The van der Waals surface area contributed by atoms with Crippen LogP contribution in [0.3, 0.4) is 0 Å². The molecule has 1 saturated heterocycles. The standard InChI is InChI=1S/C10H18N2O3/c1-4-10(8(13)14)6-5-7-12(10)9(15)11(2)3/h4-7H2,1-3H3,(H,13,14). The molecule has 0 bridgehead atoms. The monoisotopic (exact) mass is 214 g/mol. The number of carbonyl (C=O) groups is 2. The lowest BCUT2D eigenvalue weighted by molar-refractivity contribution is -0.148. The van der Waals surface area contributed by atoms with Gasteiger partial charge in [-0.3, -0.25) is 0 Å². The number of carboxylic acids is 1. The summed E-state index contributed by atoms with van der Waals surface area (Å²) in [5.74, 6) is -0.891. The van der Waals surface area contributed by atoms with Gasteiger partial charge in [-0.15, -0.1) is 0 Å². The molecule has 2 amide bonds. The first-order valence-electron chi connectivity index (χ1n) is 5.18. The third-order valence-corrected chi connectivity index (χ3v) is 3.09. The molecule has 0 radical (unpaired) electrons. The fourth-order valence-electron chi connectivity index (χ4n) is 2.14. The second-order valence-electron chi connectivity index (χ2n) is 4.12. The highest BCUT2D eigenvalue weighted by atomic mass is 16.4. The Bertz CT molecular complexity index is 278. The Morgan fingerprint density at radius 1 is 1.47 bits per heavy atom. The van der Waals surface area contributed by atoms with E-state index in [-0.39, 0.29) is 6.03 Å². The van der Waals surface area contributed by atoms with E-state index in [9.17, 15) is 14.7 Å². The number of amides is 2. The molecular formula is C10H18N2O3. The Hall–Kier alpha value is -1.26. The van der Waals surface area contributed by atoms with Gasteiger partial charge in [-0.1, -0.05) is 6.92 Å². The molecule has 1 rings (SSSR count). The summed E-state index contributed by atoms with van der Waals surface area (Å²) in [7, 11) is 3.28. The third kappa shape index (κ3) is 1.78. The van der Waals surface area contributed by atoms with E-state index in [2.05, 4.69) is 0 Å². The van der Waals surface area contributed by atoms with Crippen LogP contribution in [0.15, 0.2) is 0 Å². The molecule has 86 valence electrons. The van der Waals surface area contributed by atoms with Crippen LogP contribution in [0.4, 0.5) is 4.79 Å². The fraction of sp³-hybridized carbons (Fsp3) is 0.800. The first-order valence-corrected chi connectivity index (χ1v) is 5.18. The van der Waals surface area contributed by atoms with Crippen molar-refractivity contribution in [2.45, 2.75) is 31.7 Å². The number of nitrogens with zero attached hydrogens (tertiary/aromatic N) is 2. The quantitative estimate of drug-likeness (QED) is 0.746. The van der Waals surface area contributed by atoms with Crippen molar-refractivity contribution in [3.05, 3.63) is 0 Å². The van der Waals surface area contributed by atoms with Gasteiger partial charge in [0.2, 0.25) is 0 Å². The summed E-state index contributed by atoms with van der Waals surface area (Å²) in [6.07, 6.45) is 1.78. The van der Waals surface area contributed by atoms with Gasteiger partial charge in [0.1, 0.15) is 5.54 Å². The van der Waals surface area contributed by atoms with E-state index in [1.54, 1.807) is 14.1 Å². The summed E-state index contributed by atoms with van der Waals surface area (Å²) in [5, 5.41) is 9.25. The number of carbonyl (C=O) groups excluding carboxylic acids is 1. The highest BCUT2D eigenvalue weighted by molar-refractivity contribution is 5.86. The molecular weight excluding hydrogens is 196 g/mol. The van der Waals surface area contributed by atoms with Gasteiger partial charge < -0.3 is 14.9 Å². The zero-order valence-corrected chi connectivity index (χ0v) is 9.49. The maximum atomic E-state index is 11.8. The van der Waals surface area contributed by atoms with Crippen molar-refractivity contribution in [3.8, 4) is 0 Å². The zero-order valence-electron chi connectivity index (χ0n) is 9.49. The van der Waals surface area contributed by atoms with Gasteiger partial charge >= 0.3 is 12.0 Å². The SMILES string of the molecule is CCC1(C(=O)O)CCCN1C(=O)N(C)C. The molecule has 5 nitrogen and oxygen atoms in total. The molecule has 1 aliphatic rings. The van der Waals surface area contributed by atoms with Gasteiger partial charge in [-0.2, -0.15) is 0 Å². The zero-order chi connectivity index (χ0) is 11.6. The molecule has 0 saturated carbocycles. The molecule has 15 heavy (non-hydrogen) atoms. The Morgan fingerprint density at radius 2 is 2.07 bits per heavy atom. The Kier molecular flexibility index (Phi) is 3.21. The predicted octanol–water partition coefficient (Wildman–Crippen LogP) is 0.997. The smallest absolute Gasteiger partial charge is 0.329 e. The predicted molar refractivity (Wildman–Crippen MR) is 55.7 cm³/mol. The van der Waals surface area contributed by atoms with Crippen molar-refractivity contribution in [2.24, 2.45) is 0 Å². The molecule has 0 aromatic carbocycles. The second kappa shape index (κ2) is 4.08. The molecule has 0 spiro atoms. The van der Waals surface area contributed by atoms with Crippen LogP contribution in [0.5, 0.6) is 0 Å². The number of likely N-dealkylation sites (tertiary alicyclic amines) is 1. The van der Waals surface area contributed by atoms with Gasteiger partial charge in [-0.05, 0) is 19.3 Å². The molecule has 1 atom stereocenters. The summed E-state index contributed by atoms with van der Waals surface area (Å²) in [5.41, 5.74) is -0.985. The van der Waals surface area contributed by atoms with Gasteiger partial charge in [-0.25, -0.2) is 9.59 Å². The summed E-state index contributed by atoms with van der Waals surface area (Å²) >= 11 is 0. The molecule has 0 aliphatic carbocycles. The van der Waals surface area contributed by atoms with E-state index in [1.807, 2.05) is 6.92 Å². The number of hydrogen-bond donors (Lipinski definition) is 1. The van der Waals surface area contributed by atoms with Gasteiger partial charge in [0.15, 0.2) is 0 Å². The molecule has 1 fully saturated rings. The average molecular weight is 214 g/mol. The minimum atomic E-state index is -0.985. The number of urea groups is 1.